The average Bonchev–Trinajstić information content (AvgIpc) is 3.21. The fourth-order valence-corrected chi connectivity index (χ4v) is 5.03. The quantitative estimate of drug-likeness (QED) is 0.380. The maximum absolute atomic E-state index is 14.4. The van der Waals surface area contributed by atoms with Crippen molar-refractivity contribution in [1.82, 2.24) is 14.3 Å². The third kappa shape index (κ3) is 3.69. The van der Waals surface area contributed by atoms with Crippen molar-refractivity contribution in [3.63, 3.8) is 0 Å². The molecule has 6 rings (SSSR count). The number of pyridine rings is 1. The van der Waals surface area contributed by atoms with E-state index < -0.39 is 5.82 Å². The van der Waals surface area contributed by atoms with E-state index in [0.29, 0.717) is 30.8 Å². The highest BCUT2D eigenvalue weighted by molar-refractivity contribution is 5.95. The van der Waals surface area contributed by atoms with Gasteiger partial charge in [-0.1, -0.05) is 48.5 Å². The number of amides is 1. The van der Waals surface area contributed by atoms with Crippen LogP contribution in [0.5, 0.6) is 0 Å². The van der Waals surface area contributed by atoms with Crippen molar-refractivity contribution >= 4 is 22.5 Å². The molecule has 0 spiro atoms. The molecule has 0 radical (unpaired) electrons. The number of benzene rings is 3. The van der Waals surface area contributed by atoms with E-state index in [1.807, 2.05) is 64.1 Å². The number of anilines is 1. The van der Waals surface area contributed by atoms with Crippen LogP contribution in [0.4, 0.5) is 10.1 Å². The maximum Gasteiger partial charge on any atom is 0.282 e. The van der Waals surface area contributed by atoms with Crippen molar-refractivity contribution in [2.45, 2.75) is 19.4 Å². The van der Waals surface area contributed by atoms with Crippen LogP contribution in [-0.2, 0) is 11.3 Å². The number of para-hydroxylation sites is 3. The van der Waals surface area contributed by atoms with Crippen LogP contribution < -0.4 is 10.5 Å². The van der Waals surface area contributed by atoms with Crippen LogP contribution >= 0.6 is 0 Å². The lowest BCUT2D eigenvalue weighted by atomic mass is 9.95. The molecule has 174 valence electrons. The molecule has 0 N–H and O–H groups in total. The number of hydrogen-bond donors (Lipinski definition) is 0. The van der Waals surface area contributed by atoms with Crippen molar-refractivity contribution < 1.29 is 9.18 Å². The van der Waals surface area contributed by atoms with Crippen molar-refractivity contribution in [3.8, 4) is 16.9 Å². The first-order chi connectivity index (χ1) is 17.1. The molecule has 3 aliphatic rings. The largest absolute Gasteiger partial charge is 0.346 e. The zero-order valence-corrected chi connectivity index (χ0v) is 19.0. The molecule has 1 unspecified atom stereocenters. The lowest BCUT2D eigenvalue weighted by molar-refractivity contribution is -0.120. The molecule has 0 aliphatic carbocycles. The summed E-state index contributed by atoms with van der Waals surface area (Å²) in [6.07, 6.45) is 3.10. The summed E-state index contributed by atoms with van der Waals surface area (Å²) >= 11 is 0. The summed E-state index contributed by atoms with van der Waals surface area (Å²) in [6, 6.07) is 23.6. The Morgan fingerprint density at radius 1 is 0.914 bits per heavy atom. The normalized spacial score (nSPS) is 16.3. The number of rotatable bonds is 4. The van der Waals surface area contributed by atoms with E-state index in [9.17, 15) is 14.0 Å². The van der Waals surface area contributed by atoms with Gasteiger partial charge in [0.15, 0.2) is 0 Å². The summed E-state index contributed by atoms with van der Waals surface area (Å²) in [5.41, 5.74) is 2.59. The van der Waals surface area contributed by atoms with Crippen LogP contribution in [0.15, 0.2) is 89.9 Å². The number of piperidine rings is 1. The Balaban J connectivity index is 1.37. The smallest absolute Gasteiger partial charge is 0.282 e. The Bertz CT molecular complexity index is 1570. The van der Waals surface area contributed by atoms with Gasteiger partial charge < -0.3 is 9.47 Å². The lowest BCUT2D eigenvalue weighted by Crippen LogP contribution is -2.39. The van der Waals surface area contributed by atoms with Crippen molar-refractivity contribution in [3.05, 3.63) is 101 Å². The number of aromatic nitrogens is 3. The summed E-state index contributed by atoms with van der Waals surface area (Å²) < 4.78 is 17.6. The Kier molecular flexibility index (Phi) is 5.17. The molecule has 0 saturated carbocycles. The van der Waals surface area contributed by atoms with Gasteiger partial charge in [0.2, 0.25) is 5.91 Å². The number of fused-ring (bicyclic) bond motifs is 3. The molecule has 0 bridgehead atoms. The van der Waals surface area contributed by atoms with Gasteiger partial charge in [-0.25, -0.2) is 4.39 Å². The molecule has 7 heteroatoms. The standard InChI is InChI=1S/C28H23FN4O2/c29-23-11-5-7-13-25(23)33-28(35)22-18-31(24-12-6-4-10-21(24)27(22)30-33)17-19-14-15-32(26(34)16-19)20-8-2-1-3-9-20/h1-13,18-19H,14-17H2. The van der Waals surface area contributed by atoms with Gasteiger partial charge >= 0.3 is 0 Å². The average molecular weight is 467 g/mol. The fraction of sp³-hybridized carbons (Fsp3) is 0.179. The molecule has 3 aromatic carbocycles. The minimum atomic E-state index is -0.502. The SMILES string of the molecule is O=C1CC(Cn2cc3c(=O)n(-c4ccccc4F)nc-3c3ccccc32)CCN1c1ccccc1. The van der Waals surface area contributed by atoms with Gasteiger partial charge in [0, 0.05) is 36.8 Å². The van der Waals surface area contributed by atoms with E-state index in [-0.39, 0.29) is 23.1 Å². The number of carbonyl (C=O) groups excluding carboxylic acids is 1. The Morgan fingerprint density at radius 2 is 1.66 bits per heavy atom. The molecule has 1 saturated heterocycles. The van der Waals surface area contributed by atoms with E-state index >= 15 is 0 Å². The van der Waals surface area contributed by atoms with Gasteiger partial charge in [-0.3, -0.25) is 9.59 Å². The highest BCUT2D eigenvalue weighted by atomic mass is 19.1. The number of halogens is 1. The van der Waals surface area contributed by atoms with E-state index in [1.54, 1.807) is 24.4 Å². The van der Waals surface area contributed by atoms with Crippen LogP contribution in [0, 0.1) is 11.7 Å². The number of nitrogens with zero attached hydrogens (tertiary/aromatic N) is 4. The molecule has 1 amide bonds. The molecule has 1 fully saturated rings. The van der Waals surface area contributed by atoms with Crippen LogP contribution in [-0.4, -0.2) is 26.8 Å². The highest BCUT2D eigenvalue weighted by Crippen LogP contribution is 2.31. The molecular weight excluding hydrogens is 443 g/mol. The van der Waals surface area contributed by atoms with E-state index in [2.05, 4.69) is 5.10 Å². The van der Waals surface area contributed by atoms with Crippen LogP contribution in [0.1, 0.15) is 12.8 Å². The van der Waals surface area contributed by atoms with E-state index in [0.717, 1.165) is 27.7 Å². The highest BCUT2D eigenvalue weighted by Gasteiger charge is 2.28. The van der Waals surface area contributed by atoms with Crippen LogP contribution in [0.3, 0.4) is 0 Å². The summed E-state index contributed by atoms with van der Waals surface area (Å²) in [7, 11) is 0. The predicted octanol–water partition coefficient (Wildman–Crippen LogP) is 4.87. The zero-order valence-electron chi connectivity index (χ0n) is 19.0. The van der Waals surface area contributed by atoms with Crippen LogP contribution in [0.2, 0.25) is 0 Å². The van der Waals surface area contributed by atoms with Gasteiger partial charge in [0.1, 0.15) is 17.2 Å². The third-order valence-corrected chi connectivity index (χ3v) is 6.76. The molecule has 0 aromatic heterocycles. The minimum Gasteiger partial charge on any atom is -0.346 e. The molecule has 35 heavy (non-hydrogen) atoms. The molecule has 1 atom stereocenters. The van der Waals surface area contributed by atoms with Gasteiger partial charge in [-0.2, -0.15) is 9.78 Å². The molecule has 3 aliphatic heterocycles. The summed E-state index contributed by atoms with van der Waals surface area (Å²) in [5.74, 6) is -0.251. The second-order valence-corrected chi connectivity index (χ2v) is 8.97. The number of hydrogen-bond acceptors (Lipinski definition) is 3. The van der Waals surface area contributed by atoms with Crippen molar-refractivity contribution in [1.29, 1.82) is 0 Å². The molecule has 3 heterocycles. The van der Waals surface area contributed by atoms with Crippen molar-refractivity contribution in [2.24, 2.45) is 5.92 Å². The molecule has 3 aromatic rings. The Morgan fingerprint density at radius 3 is 2.46 bits per heavy atom. The van der Waals surface area contributed by atoms with E-state index in [4.69, 9.17) is 0 Å². The monoisotopic (exact) mass is 466 g/mol. The lowest BCUT2D eigenvalue weighted by Gasteiger charge is -2.32. The van der Waals surface area contributed by atoms with E-state index in [1.165, 1.54) is 6.07 Å². The maximum atomic E-state index is 14.4. The topological polar surface area (TPSA) is 60.1 Å². The van der Waals surface area contributed by atoms with Crippen molar-refractivity contribution in [2.75, 3.05) is 11.4 Å². The fourth-order valence-electron chi connectivity index (χ4n) is 5.03. The first-order valence-electron chi connectivity index (χ1n) is 11.7. The molecular formula is C28H23FN4O2. The Labute approximate surface area is 201 Å². The first-order valence-corrected chi connectivity index (χ1v) is 11.7. The van der Waals surface area contributed by atoms with Gasteiger partial charge in [0.05, 0.1) is 11.1 Å². The molecule has 6 nitrogen and oxygen atoms in total. The zero-order chi connectivity index (χ0) is 23.9. The second-order valence-electron chi connectivity index (χ2n) is 8.97. The summed E-state index contributed by atoms with van der Waals surface area (Å²) in [5, 5.41) is 5.33. The summed E-state index contributed by atoms with van der Waals surface area (Å²) in [6.45, 7) is 1.27. The summed E-state index contributed by atoms with van der Waals surface area (Å²) in [4.78, 5) is 28.1. The van der Waals surface area contributed by atoms with Crippen LogP contribution in [0.25, 0.3) is 27.8 Å². The minimum absolute atomic E-state index is 0.107. The predicted molar refractivity (Wildman–Crippen MR) is 133 cm³/mol. The first kappa shape index (κ1) is 21.3. The second kappa shape index (κ2) is 8.51. The Hall–Kier alpha value is -4.26. The van der Waals surface area contributed by atoms with Gasteiger partial charge in [0.25, 0.3) is 5.56 Å². The third-order valence-electron chi connectivity index (χ3n) is 6.76. The number of carbonyl (C=O) groups is 1. The van der Waals surface area contributed by atoms with Gasteiger partial charge in [-0.15, -0.1) is 0 Å². The van der Waals surface area contributed by atoms with Gasteiger partial charge in [-0.05, 0) is 42.7 Å².